The summed E-state index contributed by atoms with van der Waals surface area (Å²) < 4.78 is 5.07. The van der Waals surface area contributed by atoms with Crippen molar-refractivity contribution in [2.75, 3.05) is 26.0 Å². The Bertz CT molecular complexity index is 782. The molecule has 0 saturated heterocycles. The van der Waals surface area contributed by atoms with Crippen LogP contribution >= 0.6 is 0 Å². The number of para-hydroxylation sites is 1. The number of methoxy groups -OCH3 is 1. The Balaban J connectivity index is 2.10. The number of likely N-dealkylation sites (N-methyl/N-ethyl adjacent to an activating group) is 1. The lowest BCUT2D eigenvalue weighted by Gasteiger charge is -2.19. The number of rotatable bonds is 5. The van der Waals surface area contributed by atoms with Crippen LogP contribution in [0.25, 0.3) is 0 Å². The van der Waals surface area contributed by atoms with Crippen molar-refractivity contribution >= 4 is 17.5 Å². The smallest absolute Gasteiger partial charge is 0.257 e. The first kappa shape index (κ1) is 18.3. The summed E-state index contributed by atoms with van der Waals surface area (Å²) in [6.07, 6.45) is 0. The molecular formula is C19H22N2O4. The molecule has 0 aromatic heterocycles. The summed E-state index contributed by atoms with van der Waals surface area (Å²) in [7, 11) is 2.98. The van der Waals surface area contributed by atoms with Gasteiger partial charge in [0.2, 0.25) is 5.91 Å². The predicted molar refractivity (Wildman–Crippen MR) is 96.2 cm³/mol. The van der Waals surface area contributed by atoms with Gasteiger partial charge in [0, 0.05) is 12.7 Å². The molecule has 2 aromatic carbocycles. The van der Waals surface area contributed by atoms with E-state index in [1.807, 2.05) is 32.0 Å². The molecule has 0 bridgehead atoms. The normalized spacial score (nSPS) is 10.2. The highest BCUT2D eigenvalue weighted by molar-refractivity contribution is 6.01. The van der Waals surface area contributed by atoms with Crippen molar-refractivity contribution in [2.24, 2.45) is 0 Å². The molecule has 0 aliphatic heterocycles. The fourth-order valence-corrected chi connectivity index (χ4v) is 2.50. The minimum atomic E-state index is -0.465. The number of hydrogen-bond acceptors (Lipinski definition) is 4. The highest BCUT2D eigenvalue weighted by Crippen LogP contribution is 2.24. The molecule has 6 nitrogen and oxygen atoms in total. The van der Waals surface area contributed by atoms with Crippen molar-refractivity contribution in [3.63, 3.8) is 0 Å². The summed E-state index contributed by atoms with van der Waals surface area (Å²) in [5.74, 6) is -0.481. The molecule has 0 aliphatic carbocycles. The number of phenolic OH excluding ortho intramolecular Hbond substituents is 1. The van der Waals surface area contributed by atoms with Gasteiger partial charge in [0.05, 0.1) is 19.2 Å². The molecule has 6 heteroatoms. The number of carbonyl (C=O) groups excluding carboxylic acids is 2. The first-order valence-corrected chi connectivity index (χ1v) is 7.82. The van der Waals surface area contributed by atoms with Crippen molar-refractivity contribution in [2.45, 2.75) is 13.8 Å². The standard InChI is InChI=1S/C19H22N2O4/c1-12-6-5-7-13(2)18(12)20-17(23)11-21(3)19(24)15-10-14(25-4)8-9-16(15)22/h5-10,22H,11H2,1-4H3,(H,20,23). The topological polar surface area (TPSA) is 78.9 Å². The van der Waals surface area contributed by atoms with Crippen LogP contribution in [0.5, 0.6) is 11.5 Å². The van der Waals surface area contributed by atoms with Gasteiger partial charge in [-0.15, -0.1) is 0 Å². The van der Waals surface area contributed by atoms with Crippen molar-refractivity contribution < 1.29 is 19.4 Å². The molecule has 2 amide bonds. The molecule has 132 valence electrons. The number of anilines is 1. The number of ether oxygens (including phenoxy) is 1. The summed E-state index contributed by atoms with van der Waals surface area (Å²) in [5.41, 5.74) is 2.74. The number of phenols is 1. The van der Waals surface area contributed by atoms with E-state index < -0.39 is 5.91 Å². The third kappa shape index (κ3) is 4.29. The Morgan fingerprint density at radius 1 is 1.16 bits per heavy atom. The molecule has 0 saturated carbocycles. The maximum Gasteiger partial charge on any atom is 0.257 e. The lowest BCUT2D eigenvalue weighted by atomic mass is 10.1. The largest absolute Gasteiger partial charge is 0.507 e. The number of nitrogens with one attached hydrogen (secondary N) is 1. The van der Waals surface area contributed by atoms with Crippen LogP contribution in [0.4, 0.5) is 5.69 Å². The van der Waals surface area contributed by atoms with Crippen molar-refractivity contribution in [3.05, 3.63) is 53.1 Å². The lowest BCUT2D eigenvalue weighted by Crippen LogP contribution is -2.35. The highest BCUT2D eigenvalue weighted by atomic mass is 16.5. The Morgan fingerprint density at radius 3 is 2.40 bits per heavy atom. The molecular weight excluding hydrogens is 320 g/mol. The second kappa shape index (κ2) is 7.70. The summed E-state index contributed by atoms with van der Waals surface area (Å²) in [4.78, 5) is 26.0. The summed E-state index contributed by atoms with van der Waals surface area (Å²) in [6, 6.07) is 10.1. The van der Waals surface area contributed by atoms with Gasteiger partial charge in [0.25, 0.3) is 5.91 Å². The van der Waals surface area contributed by atoms with Crippen LogP contribution in [0, 0.1) is 13.8 Å². The van der Waals surface area contributed by atoms with Crippen LogP contribution < -0.4 is 10.1 Å². The summed E-state index contributed by atoms with van der Waals surface area (Å²) in [5, 5.41) is 12.7. The number of aromatic hydroxyl groups is 1. The van der Waals surface area contributed by atoms with Crippen LogP contribution in [0.2, 0.25) is 0 Å². The van der Waals surface area contributed by atoms with Crippen LogP contribution in [0.1, 0.15) is 21.5 Å². The number of amides is 2. The van der Waals surface area contributed by atoms with Crippen LogP contribution in [-0.4, -0.2) is 42.5 Å². The molecule has 0 spiro atoms. The number of carbonyl (C=O) groups is 2. The molecule has 0 heterocycles. The molecule has 0 aliphatic rings. The summed E-state index contributed by atoms with van der Waals surface area (Å²) in [6.45, 7) is 3.68. The zero-order chi connectivity index (χ0) is 18.6. The lowest BCUT2D eigenvalue weighted by molar-refractivity contribution is -0.116. The fraction of sp³-hybridized carbons (Fsp3) is 0.263. The number of aryl methyl sites for hydroxylation is 2. The van der Waals surface area contributed by atoms with Crippen LogP contribution in [-0.2, 0) is 4.79 Å². The maximum atomic E-state index is 12.5. The maximum absolute atomic E-state index is 12.5. The molecule has 2 aromatic rings. The number of nitrogens with zero attached hydrogens (tertiary/aromatic N) is 1. The number of hydrogen-bond donors (Lipinski definition) is 2. The molecule has 2 rings (SSSR count). The van der Waals surface area contributed by atoms with Gasteiger partial charge < -0.3 is 20.1 Å². The van der Waals surface area contributed by atoms with E-state index in [4.69, 9.17) is 4.74 Å². The third-order valence-electron chi connectivity index (χ3n) is 3.91. The van der Waals surface area contributed by atoms with Gasteiger partial charge in [-0.1, -0.05) is 18.2 Å². The van der Waals surface area contributed by atoms with E-state index in [0.717, 1.165) is 16.8 Å². The van der Waals surface area contributed by atoms with Crippen LogP contribution in [0.3, 0.4) is 0 Å². The Morgan fingerprint density at radius 2 is 1.80 bits per heavy atom. The van der Waals surface area contributed by atoms with Gasteiger partial charge in [-0.3, -0.25) is 9.59 Å². The molecule has 0 radical (unpaired) electrons. The second-order valence-corrected chi connectivity index (χ2v) is 5.86. The second-order valence-electron chi connectivity index (χ2n) is 5.86. The van der Waals surface area contributed by atoms with Crippen LogP contribution in [0.15, 0.2) is 36.4 Å². The van der Waals surface area contributed by atoms with E-state index in [2.05, 4.69) is 5.32 Å². The van der Waals surface area contributed by atoms with E-state index in [-0.39, 0.29) is 23.8 Å². The zero-order valence-electron chi connectivity index (χ0n) is 14.8. The fourth-order valence-electron chi connectivity index (χ4n) is 2.50. The third-order valence-corrected chi connectivity index (χ3v) is 3.91. The average Bonchev–Trinajstić information content (AvgIpc) is 2.58. The van der Waals surface area contributed by atoms with E-state index in [0.29, 0.717) is 5.75 Å². The summed E-state index contributed by atoms with van der Waals surface area (Å²) >= 11 is 0. The Kier molecular flexibility index (Phi) is 5.64. The van der Waals surface area contributed by atoms with E-state index in [9.17, 15) is 14.7 Å². The Hall–Kier alpha value is -3.02. The van der Waals surface area contributed by atoms with Crippen molar-refractivity contribution in [3.8, 4) is 11.5 Å². The molecule has 0 unspecified atom stereocenters. The van der Waals surface area contributed by atoms with Gasteiger partial charge in [-0.2, -0.15) is 0 Å². The minimum absolute atomic E-state index is 0.0849. The van der Waals surface area contributed by atoms with Crippen molar-refractivity contribution in [1.82, 2.24) is 4.90 Å². The molecule has 25 heavy (non-hydrogen) atoms. The predicted octanol–water partition coefficient (Wildman–Crippen LogP) is 2.73. The molecule has 2 N–H and O–H groups in total. The molecule has 0 atom stereocenters. The number of benzene rings is 2. The van der Waals surface area contributed by atoms with E-state index in [1.54, 1.807) is 6.07 Å². The quantitative estimate of drug-likeness (QED) is 0.876. The van der Waals surface area contributed by atoms with Gasteiger partial charge >= 0.3 is 0 Å². The van der Waals surface area contributed by atoms with Gasteiger partial charge in [0.15, 0.2) is 0 Å². The van der Waals surface area contributed by atoms with Gasteiger partial charge in [-0.05, 0) is 43.2 Å². The SMILES string of the molecule is COc1ccc(O)c(C(=O)N(C)CC(=O)Nc2c(C)cccc2C)c1. The Labute approximate surface area is 147 Å². The average molecular weight is 342 g/mol. The zero-order valence-corrected chi connectivity index (χ0v) is 14.8. The van der Waals surface area contributed by atoms with E-state index in [1.165, 1.54) is 31.2 Å². The highest BCUT2D eigenvalue weighted by Gasteiger charge is 2.19. The van der Waals surface area contributed by atoms with E-state index >= 15 is 0 Å². The molecule has 0 fully saturated rings. The first-order chi connectivity index (χ1) is 11.8. The van der Waals surface area contributed by atoms with Crippen molar-refractivity contribution in [1.29, 1.82) is 0 Å². The van der Waals surface area contributed by atoms with Gasteiger partial charge in [-0.25, -0.2) is 0 Å². The minimum Gasteiger partial charge on any atom is -0.507 e. The first-order valence-electron chi connectivity index (χ1n) is 7.82. The van der Waals surface area contributed by atoms with Gasteiger partial charge in [0.1, 0.15) is 11.5 Å². The monoisotopic (exact) mass is 342 g/mol.